The highest BCUT2D eigenvalue weighted by molar-refractivity contribution is 6.22. The van der Waals surface area contributed by atoms with E-state index in [4.69, 9.17) is 4.42 Å². The molecular formula is C51H34O. The molecule has 0 saturated carbocycles. The summed E-state index contributed by atoms with van der Waals surface area (Å²) in [5.74, 6) is 0. The summed E-state index contributed by atoms with van der Waals surface area (Å²) >= 11 is 0. The fraction of sp³-hybridized carbons (Fsp3) is 0.0588. The van der Waals surface area contributed by atoms with Crippen LogP contribution in [0.1, 0.15) is 25.0 Å². The first kappa shape index (κ1) is 29.3. The molecule has 1 aromatic heterocycles. The Balaban J connectivity index is 1.15. The summed E-state index contributed by atoms with van der Waals surface area (Å²) in [6, 6.07) is 62.5. The fourth-order valence-electron chi connectivity index (χ4n) is 9.19. The van der Waals surface area contributed by atoms with Gasteiger partial charge in [-0.15, -0.1) is 0 Å². The SMILES string of the molecule is CC1(C)c2ccc(-c3c4ccccc4c(-c4cccc(-c5ccc6ccccc6c5)c4)c4ccccc34)cc2-c2c1ccc1oc3ccccc3c21. The lowest BCUT2D eigenvalue weighted by Gasteiger charge is -2.22. The second-order valence-corrected chi connectivity index (χ2v) is 14.8. The molecule has 1 nitrogen and oxygen atoms in total. The Morgan fingerprint density at radius 1 is 0.365 bits per heavy atom. The third-order valence-corrected chi connectivity index (χ3v) is 11.6. The van der Waals surface area contributed by atoms with Gasteiger partial charge in [0.15, 0.2) is 0 Å². The van der Waals surface area contributed by atoms with Crippen LogP contribution in [0.15, 0.2) is 174 Å². The molecule has 1 heterocycles. The third-order valence-electron chi connectivity index (χ3n) is 11.6. The summed E-state index contributed by atoms with van der Waals surface area (Å²) in [5, 5.41) is 9.95. The highest BCUT2D eigenvalue weighted by Gasteiger charge is 2.37. The Bertz CT molecular complexity index is 3040. The minimum atomic E-state index is -0.125. The molecule has 0 spiro atoms. The van der Waals surface area contributed by atoms with E-state index in [1.807, 2.05) is 0 Å². The molecule has 11 rings (SSSR count). The van der Waals surface area contributed by atoms with E-state index in [1.165, 1.54) is 98.7 Å². The lowest BCUT2D eigenvalue weighted by Crippen LogP contribution is -2.14. The molecule has 1 aliphatic rings. The van der Waals surface area contributed by atoms with Gasteiger partial charge in [-0.3, -0.25) is 0 Å². The van der Waals surface area contributed by atoms with Crippen molar-refractivity contribution in [3.63, 3.8) is 0 Å². The van der Waals surface area contributed by atoms with Gasteiger partial charge in [0.05, 0.1) is 0 Å². The van der Waals surface area contributed by atoms with Crippen LogP contribution in [-0.2, 0) is 5.41 Å². The molecule has 0 radical (unpaired) electrons. The van der Waals surface area contributed by atoms with Crippen LogP contribution in [0.3, 0.4) is 0 Å². The summed E-state index contributed by atoms with van der Waals surface area (Å²) in [7, 11) is 0. The summed E-state index contributed by atoms with van der Waals surface area (Å²) in [4.78, 5) is 0. The maximum Gasteiger partial charge on any atom is 0.136 e. The van der Waals surface area contributed by atoms with Crippen molar-refractivity contribution in [2.24, 2.45) is 0 Å². The largest absolute Gasteiger partial charge is 0.456 e. The molecule has 0 aliphatic heterocycles. The number of rotatable bonds is 3. The lowest BCUT2D eigenvalue weighted by molar-refractivity contribution is 0.656. The summed E-state index contributed by atoms with van der Waals surface area (Å²) in [6.07, 6.45) is 0. The van der Waals surface area contributed by atoms with E-state index in [1.54, 1.807) is 0 Å². The van der Waals surface area contributed by atoms with Gasteiger partial charge in [-0.2, -0.15) is 0 Å². The number of fused-ring (bicyclic) bond motifs is 10. The first-order valence-corrected chi connectivity index (χ1v) is 18.2. The van der Waals surface area contributed by atoms with Crippen LogP contribution in [0.25, 0.3) is 98.8 Å². The smallest absolute Gasteiger partial charge is 0.136 e. The fourth-order valence-corrected chi connectivity index (χ4v) is 9.19. The quantitative estimate of drug-likeness (QED) is 0.172. The van der Waals surface area contributed by atoms with Gasteiger partial charge in [0, 0.05) is 16.2 Å². The monoisotopic (exact) mass is 662 g/mol. The summed E-state index contributed by atoms with van der Waals surface area (Å²) in [6.45, 7) is 4.72. The van der Waals surface area contributed by atoms with Gasteiger partial charge >= 0.3 is 0 Å². The average molecular weight is 663 g/mol. The molecule has 10 aromatic rings. The molecule has 52 heavy (non-hydrogen) atoms. The highest BCUT2D eigenvalue weighted by atomic mass is 16.3. The van der Waals surface area contributed by atoms with Crippen LogP contribution in [0.4, 0.5) is 0 Å². The number of hydrogen-bond acceptors (Lipinski definition) is 1. The van der Waals surface area contributed by atoms with E-state index in [9.17, 15) is 0 Å². The predicted octanol–water partition coefficient (Wildman–Crippen LogP) is 14.4. The minimum Gasteiger partial charge on any atom is -0.456 e. The second kappa shape index (κ2) is 10.8. The van der Waals surface area contributed by atoms with E-state index in [2.05, 4.69) is 184 Å². The van der Waals surface area contributed by atoms with Gasteiger partial charge in [-0.1, -0.05) is 153 Å². The van der Waals surface area contributed by atoms with Crippen LogP contribution < -0.4 is 0 Å². The van der Waals surface area contributed by atoms with Gasteiger partial charge < -0.3 is 4.42 Å². The van der Waals surface area contributed by atoms with Crippen molar-refractivity contribution in [2.45, 2.75) is 19.3 Å². The van der Waals surface area contributed by atoms with Crippen LogP contribution in [0, 0.1) is 0 Å². The van der Waals surface area contributed by atoms with E-state index in [0.717, 1.165) is 11.2 Å². The molecule has 0 bridgehead atoms. The number of furan rings is 1. The van der Waals surface area contributed by atoms with Crippen molar-refractivity contribution in [2.75, 3.05) is 0 Å². The molecule has 0 N–H and O–H groups in total. The average Bonchev–Trinajstić information content (AvgIpc) is 3.68. The van der Waals surface area contributed by atoms with Crippen LogP contribution in [0.2, 0.25) is 0 Å². The maximum absolute atomic E-state index is 6.40. The Morgan fingerprint density at radius 2 is 0.923 bits per heavy atom. The molecule has 0 amide bonds. The van der Waals surface area contributed by atoms with Crippen molar-refractivity contribution < 1.29 is 4.42 Å². The van der Waals surface area contributed by atoms with Crippen LogP contribution >= 0.6 is 0 Å². The zero-order chi connectivity index (χ0) is 34.6. The van der Waals surface area contributed by atoms with Crippen molar-refractivity contribution in [3.05, 3.63) is 181 Å². The maximum atomic E-state index is 6.40. The predicted molar refractivity (Wildman–Crippen MR) is 220 cm³/mol. The van der Waals surface area contributed by atoms with E-state index >= 15 is 0 Å². The summed E-state index contributed by atoms with van der Waals surface area (Å²) < 4.78 is 6.40. The summed E-state index contributed by atoms with van der Waals surface area (Å²) in [5.41, 5.74) is 14.5. The van der Waals surface area contributed by atoms with Crippen molar-refractivity contribution in [1.82, 2.24) is 0 Å². The van der Waals surface area contributed by atoms with Crippen LogP contribution in [-0.4, -0.2) is 0 Å². The Labute approximate surface area is 302 Å². The van der Waals surface area contributed by atoms with Crippen molar-refractivity contribution in [1.29, 1.82) is 0 Å². The van der Waals surface area contributed by atoms with Gasteiger partial charge in [-0.25, -0.2) is 0 Å². The molecule has 0 unspecified atom stereocenters. The zero-order valence-electron chi connectivity index (χ0n) is 29.1. The Kier molecular flexibility index (Phi) is 6.08. The standard InChI is InChI=1S/C51H34O/c1-51(2)43-25-24-36(30-42(43)49-44(51)26-27-46-50(49)41-20-9-10-21-45(41)52-46)48-39-18-7-5-16-37(39)47(38-17-6-8-19-40(38)48)35-15-11-14-33(29-35)34-23-22-31-12-3-4-13-32(31)28-34/h3-30H,1-2H3. The number of para-hydroxylation sites is 1. The van der Waals surface area contributed by atoms with Crippen molar-refractivity contribution in [3.8, 4) is 44.5 Å². The van der Waals surface area contributed by atoms with E-state index < -0.39 is 0 Å². The first-order valence-electron chi connectivity index (χ1n) is 18.2. The number of hydrogen-bond donors (Lipinski definition) is 0. The topological polar surface area (TPSA) is 13.1 Å². The molecule has 1 aliphatic carbocycles. The normalized spacial score (nSPS) is 13.3. The zero-order valence-corrected chi connectivity index (χ0v) is 29.1. The molecule has 0 atom stereocenters. The molecular weight excluding hydrogens is 629 g/mol. The van der Waals surface area contributed by atoms with Gasteiger partial charge in [0.1, 0.15) is 11.2 Å². The molecule has 9 aromatic carbocycles. The lowest BCUT2D eigenvalue weighted by atomic mass is 9.81. The van der Waals surface area contributed by atoms with Crippen molar-refractivity contribution >= 4 is 54.3 Å². The highest BCUT2D eigenvalue weighted by Crippen LogP contribution is 2.54. The molecule has 244 valence electrons. The Hall–Kier alpha value is -6.44. The Morgan fingerprint density at radius 3 is 1.65 bits per heavy atom. The van der Waals surface area contributed by atoms with Gasteiger partial charge in [-0.05, 0) is 118 Å². The van der Waals surface area contributed by atoms with E-state index in [0.29, 0.717) is 0 Å². The number of benzene rings is 9. The first-order chi connectivity index (χ1) is 25.5. The molecule has 0 fully saturated rings. The van der Waals surface area contributed by atoms with Gasteiger partial charge in [0.25, 0.3) is 0 Å². The molecule has 0 saturated heterocycles. The second-order valence-electron chi connectivity index (χ2n) is 14.8. The van der Waals surface area contributed by atoms with Gasteiger partial charge in [0.2, 0.25) is 0 Å². The molecule has 1 heteroatoms. The van der Waals surface area contributed by atoms with E-state index in [-0.39, 0.29) is 5.41 Å². The third kappa shape index (κ3) is 4.11. The van der Waals surface area contributed by atoms with Crippen LogP contribution in [0.5, 0.6) is 0 Å². The minimum absolute atomic E-state index is 0.125.